The summed E-state index contributed by atoms with van der Waals surface area (Å²) in [5.74, 6) is -2.07. The van der Waals surface area contributed by atoms with Crippen molar-refractivity contribution in [2.45, 2.75) is 24.8 Å². The molecule has 2 N–H and O–H groups in total. The van der Waals surface area contributed by atoms with E-state index in [1.54, 1.807) is 12.1 Å². The molecule has 1 amide bonds. The van der Waals surface area contributed by atoms with E-state index in [0.717, 1.165) is 6.42 Å². The Bertz CT molecular complexity index is 737. The zero-order valence-corrected chi connectivity index (χ0v) is 11.6. The molecule has 1 aromatic carbocycles. The number of hydrogen-bond acceptors (Lipinski definition) is 3. The minimum atomic E-state index is -1.20. The second kappa shape index (κ2) is 5.25. The van der Waals surface area contributed by atoms with Gasteiger partial charge in [-0.2, -0.15) is 5.10 Å². The zero-order chi connectivity index (χ0) is 15.7. The monoisotopic (exact) mass is 303 g/mol. The molecular formula is C15H14FN3O3. The lowest BCUT2D eigenvalue weighted by Crippen LogP contribution is -2.59. The number of rotatable bonds is 4. The van der Waals surface area contributed by atoms with Gasteiger partial charge in [-0.15, -0.1) is 0 Å². The molecule has 22 heavy (non-hydrogen) atoms. The van der Waals surface area contributed by atoms with E-state index in [2.05, 4.69) is 10.4 Å². The number of halogens is 1. The minimum absolute atomic E-state index is 0.0516. The van der Waals surface area contributed by atoms with Gasteiger partial charge in [0.2, 0.25) is 0 Å². The van der Waals surface area contributed by atoms with Gasteiger partial charge in [-0.25, -0.2) is 13.9 Å². The molecule has 1 fully saturated rings. The molecule has 2 aromatic rings. The molecule has 0 radical (unpaired) electrons. The summed E-state index contributed by atoms with van der Waals surface area (Å²) in [6, 6.07) is 7.48. The Morgan fingerprint density at radius 3 is 2.59 bits per heavy atom. The van der Waals surface area contributed by atoms with Gasteiger partial charge >= 0.3 is 5.97 Å². The van der Waals surface area contributed by atoms with Crippen LogP contribution in [0, 0.1) is 5.82 Å². The number of amides is 1. The number of para-hydroxylation sites is 1. The second-order valence-corrected chi connectivity index (χ2v) is 5.29. The molecule has 6 nitrogen and oxygen atoms in total. The number of hydrogen-bond donors (Lipinski definition) is 2. The quantitative estimate of drug-likeness (QED) is 0.901. The number of nitrogens with one attached hydrogen (secondary N) is 1. The van der Waals surface area contributed by atoms with Gasteiger partial charge in [-0.3, -0.25) is 4.79 Å². The minimum Gasteiger partial charge on any atom is -0.480 e. The fraction of sp³-hybridized carbons (Fsp3) is 0.267. The summed E-state index contributed by atoms with van der Waals surface area (Å²) in [5.41, 5.74) is -0.923. The van der Waals surface area contributed by atoms with Gasteiger partial charge in [0.1, 0.15) is 17.0 Å². The number of carbonyl (C=O) groups excluding carboxylic acids is 1. The van der Waals surface area contributed by atoms with E-state index in [-0.39, 0.29) is 11.4 Å². The molecule has 1 aliphatic carbocycles. The topological polar surface area (TPSA) is 84.2 Å². The summed E-state index contributed by atoms with van der Waals surface area (Å²) in [6.07, 6.45) is 3.03. The van der Waals surface area contributed by atoms with Gasteiger partial charge in [-0.1, -0.05) is 12.1 Å². The van der Waals surface area contributed by atoms with E-state index < -0.39 is 23.2 Å². The zero-order valence-electron chi connectivity index (χ0n) is 11.6. The largest absolute Gasteiger partial charge is 0.480 e. The number of benzene rings is 1. The van der Waals surface area contributed by atoms with Gasteiger partial charge in [0.25, 0.3) is 5.91 Å². The van der Waals surface area contributed by atoms with Crippen molar-refractivity contribution in [2.24, 2.45) is 0 Å². The van der Waals surface area contributed by atoms with E-state index in [0.29, 0.717) is 12.8 Å². The van der Waals surface area contributed by atoms with Crippen molar-refractivity contribution in [3.63, 3.8) is 0 Å². The first-order valence-corrected chi connectivity index (χ1v) is 6.88. The maximum atomic E-state index is 13.7. The lowest BCUT2D eigenvalue weighted by atomic mass is 9.76. The van der Waals surface area contributed by atoms with Crippen molar-refractivity contribution in [3.05, 3.63) is 48.0 Å². The summed E-state index contributed by atoms with van der Waals surface area (Å²) in [6.45, 7) is 0. The first-order chi connectivity index (χ1) is 10.5. The van der Waals surface area contributed by atoms with Crippen molar-refractivity contribution in [2.75, 3.05) is 0 Å². The van der Waals surface area contributed by atoms with E-state index in [4.69, 9.17) is 0 Å². The number of aliphatic carboxylic acids is 1. The van der Waals surface area contributed by atoms with Crippen molar-refractivity contribution < 1.29 is 19.1 Å². The number of carboxylic acids is 1. The van der Waals surface area contributed by atoms with Gasteiger partial charge in [0, 0.05) is 6.20 Å². The van der Waals surface area contributed by atoms with Crippen molar-refractivity contribution in [3.8, 4) is 5.69 Å². The van der Waals surface area contributed by atoms with Gasteiger partial charge < -0.3 is 10.4 Å². The summed E-state index contributed by atoms with van der Waals surface area (Å²) < 4.78 is 14.9. The first kappa shape index (κ1) is 14.2. The summed E-state index contributed by atoms with van der Waals surface area (Å²) in [7, 11) is 0. The average molecular weight is 303 g/mol. The Morgan fingerprint density at radius 1 is 1.27 bits per heavy atom. The van der Waals surface area contributed by atoms with Crippen molar-refractivity contribution in [1.29, 1.82) is 0 Å². The fourth-order valence-electron chi connectivity index (χ4n) is 2.42. The molecular weight excluding hydrogens is 289 g/mol. The number of carboxylic acid groups (broad SMARTS) is 1. The highest BCUT2D eigenvalue weighted by Crippen LogP contribution is 2.32. The maximum absolute atomic E-state index is 13.7. The Morgan fingerprint density at radius 2 is 2.00 bits per heavy atom. The number of aromatic nitrogens is 2. The van der Waals surface area contributed by atoms with Crippen LogP contribution in [-0.4, -0.2) is 32.3 Å². The molecule has 1 saturated carbocycles. The summed E-state index contributed by atoms with van der Waals surface area (Å²) in [4.78, 5) is 23.4. The smallest absolute Gasteiger partial charge is 0.329 e. The van der Waals surface area contributed by atoms with Crippen LogP contribution in [0.1, 0.15) is 29.8 Å². The number of nitrogens with zero attached hydrogens (tertiary/aromatic N) is 2. The summed E-state index contributed by atoms with van der Waals surface area (Å²) in [5, 5.41) is 15.7. The molecule has 0 aliphatic heterocycles. The SMILES string of the molecule is O=C(NC1(C(=O)O)CCC1)c1ccn(-c2ccccc2F)n1. The van der Waals surface area contributed by atoms with Crippen LogP contribution >= 0.6 is 0 Å². The highest BCUT2D eigenvalue weighted by Gasteiger charge is 2.46. The number of carbonyl (C=O) groups is 2. The Hall–Kier alpha value is -2.70. The Labute approximate surface area is 125 Å². The molecule has 114 valence electrons. The summed E-state index contributed by atoms with van der Waals surface area (Å²) >= 11 is 0. The normalized spacial score (nSPS) is 15.9. The van der Waals surface area contributed by atoms with E-state index in [1.165, 1.54) is 29.1 Å². The third-order valence-electron chi connectivity index (χ3n) is 3.89. The molecule has 0 spiro atoms. The predicted molar refractivity (Wildman–Crippen MR) is 75.2 cm³/mol. The van der Waals surface area contributed by atoms with E-state index in [1.807, 2.05) is 0 Å². The van der Waals surface area contributed by atoms with Crippen molar-refractivity contribution >= 4 is 11.9 Å². The lowest BCUT2D eigenvalue weighted by molar-refractivity contribution is -0.148. The van der Waals surface area contributed by atoms with Crippen LogP contribution in [0.2, 0.25) is 0 Å². The molecule has 1 heterocycles. The molecule has 1 aliphatic rings. The van der Waals surface area contributed by atoms with E-state index in [9.17, 15) is 19.1 Å². The van der Waals surface area contributed by atoms with Crippen LogP contribution in [0.15, 0.2) is 36.5 Å². The molecule has 0 unspecified atom stereocenters. The highest BCUT2D eigenvalue weighted by molar-refractivity contribution is 5.96. The maximum Gasteiger partial charge on any atom is 0.329 e. The van der Waals surface area contributed by atoms with Crippen LogP contribution in [0.5, 0.6) is 0 Å². The Balaban J connectivity index is 1.81. The van der Waals surface area contributed by atoms with Crippen LogP contribution in [0.25, 0.3) is 5.69 Å². The van der Waals surface area contributed by atoms with Crippen LogP contribution in [-0.2, 0) is 4.79 Å². The van der Waals surface area contributed by atoms with Crippen LogP contribution < -0.4 is 5.32 Å². The standard InChI is InChI=1S/C15H14FN3O3/c16-10-4-1-2-5-12(10)19-9-6-11(18-19)13(20)17-15(14(21)22)7-3-8-15/h1-2,4-6,9H,3,7-8H2,(H,17,20)(H,21,22). The van der Waals surface area contributed by atoms with Gasteiger partial charge in [0.05, 0.1) is 0 Å². The molecule has 0 bridgehead atoms. The van der Waals surface area contributed by atoms with Gasteiger partial charge in [-0.05, 0) is 37.5 Å². The molecule has 0 atom stereocenters. The van der Waals surface area contributed by atoms with Crippen molar-refractivity contribution in [1.82, 2.24) is 15.1 Å². The Kier molecular flexibility index (Phi) is 3.40. The van der Waals surface area contributed by atoms with Crippen LogP contribution in [0.3, 0.4) is 0 Å². The van der Waals surface area contributed by atoms with Gasteiger partial charge in [0.15, 0.2) is 5.69 Å². The third kappa shape index (κ3) is 2.34. The third-order valence-corrected chi connectivity index (χ3v) is 3.89. The molecule has 0 saturated heterocycles. The highest BCUT2D eigenvalue weighted by atomic mass is 19.1. The van der Waals surface area contributed by atoms with E-state index >= 15 is 0 Å². The molecule has 1 aromatic heterocycles. The predicted octanol–water partition coefficient (Wildman–Crippen LogP) is 1.75. The van der Waals surface area contributed by atoms with Crippen LogP contribution in [0.4, 0.5) is 4.39 Å². The average Bonchev–Trinajstić information content (AvgIpc) is 2.92. The molecule has 3 rings (SSSR count). The first-order valence-electron chi connectivity index (χ1n) is 6.88. The fourth-order valence-corrected chi connectivity index (χ4v) is 2.42. The molecule has 7 heteroatoms. The lowest BCUT2D eigenvalue weighted by Gasteiger charge is -2.37. The second-order valence-electron chi connectivity index (χ2n) is 5.29.